The van der Waals surface area contributed by atoms with Crippen LogP contribution < -0.4 is 5.73 Å². The third-order valence-corrected chi connectivity index (χ3v) is 3.91. The molecule has 1 aromatic carbocycles. The second kappa shape index (κ2) is 10.3. The number of aromatic nitrogens is 1. The fourth-order valence-corrected chi connectivity index (χ4v) is 2.61. The average Bonchev–Trinajstić information content (AvgIpc) is 2.94. The molecule has 0 bridgehead atoms. The third kappa shape index (κ3) is 5.88. The summed E-state index contributed by atoms with van der Waals surface area (Å²) < 4.78 is 5.27. The predicted molar refractivity (Wildman–Crippen MR) is 96.9 cm³/mol. The number of halogens is 1. The van der Waals surface area contributed by atoms with Gasteiger partial charge in [-0.1, -0.05) is 50.8 Å². The van der Waals surface area contributed by atoms with Crippen LogP contribution in [0.3, 0.4) is 0 Å². The van der Waals surface area contributed by atoms with E-state index < -0.39 is 6.04 Å². The van der Waals surface area contributed by atoms with Crippen LogP contribution in [0.5, 0.6) is 0 Å². The van der Waals surface area contributed by atoms with Gasteiger partial charge in [-0.2, -0.15) is 0 Å². The van der Waals surface area contributed by atoms with Crippen molar-refractivity contribution in [3.8, 4) is 0 Å². The van der Waals surface area contributed by atoms with Crippen molar-refractivity contribution in [1.82, 2.24) is 4.98 Å². The number of hydrogen-bond acceptors (Lipinski definition) is 3. The molecule has 2 rings (SSSR count). The lowest BCUT2D eigenvalue weighted by Crippen LogP contribution is -2.34. The Morgan fingerprint density at radius 3 is 2.74 bits per heavy atom. The number of esters is 1. The summed E-state index contributed by atoms with van der Waals surface area (Å²) in [5.74, 6) is -0.305. The zero-order valence-corrected chi connectivity index (χ0v) is 14.5. The molecule has 0 radical (unpaired) electrons. The fourth-order valence-electron chi connectivity index (χ4n) is 2.61. The number of nitrogens with one attached hydrogen (secondary N) is 1. The van der Waals surface area contributed by atoms with Gasteiger partial charge < -0.3 is 15.5 Å². The minimum absolute atomic E-state index is 0. The summed E-state index contributed by atoms with van der Waals surface area (Å²) in [5.41, 5.74) is 8.10. The minimum atomic E-state index is -0.602. The zero-order chi connectivity index (χ0) is 15.8. The highest BCUT2D eigenvalue weighted by molar-refractivity contribution is 5.85. The number of unbranched alkanes of at least 4 members (excludes halogenated alkanes) is 4. The van der Waals surface area contributed by atoms with Gasteiger partial charge in [-0.05, 0) is 18.1 Å². The topological polar surface area (TPSA) is 68.1 Å². The standard InChI is InChI=1S/C18H26N2O2.ClH/c1-2-3-4-5-8-11-22-18(21)16(19)12-14-13-20-17-10-7-6-9-15(14)17;/h6-7,9-10,13,16,20H,2-5,8,11-12,19H2,1H3;1H/t16-;/m1./s1. The second-order valence-corrected chi connectivity index (χ2v) is 5.75. The molecule has 0 aliphatic rings. The number of carbonyl (C=O) groups excluding carboxylic acids is 1. The minimum Gasteiger partial charge on any atom is -0.465 e. The number of hydrogen-bond donors (Lipinski definition) is 2. The summed E-state index contributed by atoms with van der Waals surface area (Å²) in [6.07, 6.45) is 8.12. The Balaban J connectivity index is 0.00000264. The van der Waals surface area contributed by atoms with Crippen molar-refractivity contribution in [2.45, 2.75) is 51.5 Å². The largest absolute Gasteiger partial charge is 0.465 e. The number of H-pyrrole nitrogens is 1. The van der Waals surface area contributed by atoms with E-state index in [1.54, 1.807) is 0 Å². The van der Waals surface area contributed by atoms with E-state index in [0.717, 1.165) is 29.3 Å². The molecule has 1 atom stereocenters. The Labute approximate surface area is 144 Å². The molecule has 1 aromatic heterocycles. The van der Waals surface area contributed by atoms with Crippen molar-refractivity contribution in [3.63, 3.8) is 0 Å². The van der Waals surface area contributed by atoms with Crippen LogP contribution in [0.2, 0.25) is 0 Å². The van der Waals surface area contributed by atoms with E-state index in [1.165, 1.54) is 19.3 Å². The van der Waals surface area contributed by atoms with E-state index in [4.69, 9.17) is 10.5 Å². The van der Waals surface area contributed by atoms with Gasteiger partial charge >= 0.3 is 5.97 Å². The molecule has 0 aliphatic carbocycles. The summed E-state index contributed by atoms with van der Waals surface area (Å²) in [6, 6.07) is 7.41. The number of nitrogens with two attached hydrogens (primary N) is 1. The van der Waals surface area contributed by atoms with Crippen LogP contribution in [0.25, 0.3) is 10.9 Å². The van der Waals surface area contributed by atoms with Crippen molar-refractivity contribution < 1.29 is 9.53 Å². The second-order valence-electron chi connectivity index (χ2n) is 5.75. The van der Waals surface area contributed by atoms with Crippen molar-refractivity contribution in [1.29, 1.82) is 0 Å². The predicted octanol–water partition coefficient (Wildman–Crippen LogP) is 3.97. The number of aromatic amines is 1. The van der Waals surface area contributed by atoms with Gasteiger partial charge in [0.25, 0.3) is 0 Å². The highest BCUT2D eigenvalue weighted by Crippen LogP contribution is 2.19. The van der Waals surface area contributed by atoms with Gasteiger partial charge in [-0.15, -0.1) is 12.4 Å². The van der Waals surface area contributed by atoms with Crippen LogP contribution >= 0.6 is 12.4 Å². The molecule has 0 fully saturated rings. The monoisotopic (exact) mass is 338 g/mol. The molecule has 0 saturated heterocycles. The maximum atomic E-state index is 11.9. The molecule has 4 nitrogen and oxygen atoms in total. The Morgan fingerprint density at radius 1 is 1.22 bits per heavy atom. The van der Waals surface area contributed by atoms with E-state index >= 15 is 0 Å². The van der Waals surface area contributed by atoms with E-state index in [-0.39, 0.29) is 18.4 Å². The van der Waals surface area contributed by atoms with Gasteiger partial charge in [0, 0.05) is 23.5 Å². The van der Waals surface area contributed by atoms with Gasteiger partial charge in [0.15, 0.2) is 0 Å². The van der Waals surface area contributed by atoms with E-state index in [0.29, 0.717) is 13.0 Å². The number of carbonyl (C=O) groups is 1. The Morgan fingerprint density at radius 2 is 1.96 bits per heavy atom. The van der Waals surface area contributed by atoms with E-state index in [9.17, 15) is 4.79 Å². The molecule has 2 aromatic rings. The van der Waals surface area contributed by atoms with Crippen molar-refractivity contribution in [2.24, 2.45) is 5.73 Å². The third-order valence-electron chi connectivity index (χ3n) is 3.91. The molecule has 0 spiro atoms. The Bertz CT molecular complexity index is 597. The molecule has 5 heteroatoms. The molecule has 0 saturated carbocycles. The molecule has 128 valence electrons. The normalized spacial score (nSPS) is 11.9. The summed E-state index contributed by atoms with van der Waals surface area (Å²) in [5, 5.41) is 1.12. The molecule has 23 heavy (non-hydrogen) atoms. The molecule has 1 heterocycles. The first kappa shape index (κ1) is 19.5. The summed E-state index contributed by atoms with van der Waals surface area (Å²) >= 11 is 0. The number of ether oxygens (including phenoxy) is 1. The van der Waals surface area contributed by atoms with Crippen LogP contribution in [0, 0.1) is 0 Å². The van der Waals surface area contributed by atoms with Gasteiger partial charge in [-0.3, -0.25) is 4.79 Å². The smallest absolute Gasteiger partial charge is 0.323 e. The van der Waals surface area contributed by atoms with Crippen molar-refractivity contribution in [2.75, 3.05) is 6.61 Å². The van der Waals surface area contributed by atoms with Gasteiger partial charge in [0.1, 0.15) is 6.04 Å². The van der Waals surface area contributed by atoms with Crippen molar-refractivity contribution >= 4 is 29.3 Å². The summed E-state index contributed by atoms with van der Waals surface area (Å²) in [6.45, 7) is 2.66. The van der Waals surface area contributed by atoms with Crippen LogP contribution in [0.4, 0.5) is 0 Å². The molecule has 0 aliphatic heterocycles. The first-order valence-corrected chi connectivity index (χ1v) is 8.19. The zero-order valence-electron chi connectivity index (χ0n) is 13.7. The molecular weight excluding hydrogens is 312 g/mol. The van der Waals surface area contributed by atoms with Crippen LogP contribution in [-0.4, -0.2) is 23.6 Å². The average molecular weight is 339 g/mol. The van der Waals surface area contributed by atoms with Gasteiger partial charge in [0.2, 0.25) is 0 Å². The summed E-state index contributed by atoms with van der Waals surface area (Å²) in [4.78, 5) is 15.1. The maximum Gasteiger partial charge on any atom is 0.323 e. The molecule has 3 N–H and O–H groups in total. The van der Waals surface area contributed by atoms with Crippen molar-refractivity contribution in [3.05, 3.63) is 36.0 Å². The van der Waals surface area contributed by atoms with E-state index in [2.05, 4.69) is 11.9 Å². The first-order chi connectivity index (χ1) is 10.7. The maximum absolute atomic E-state index is 11.9. The number of benzene rings is 1. The molecule has 0 amide bonds. The summed E-state index contributed by atoms with van der Waals surface area (Å²) in [7, 11) is 0. The van der Waals surface area contributed by atoms with Gasteiger partial charge in [0.05, 0.1) is 6.61 Å². The van der Waals surface area contributed by atoms with Crippen LogP contribution in [0.15, 0.2) is 30.5 Å². The van der Waals surface area contributed by atoms with Crippen LogP contribution in [-0.2, 0) is 16.0 Å². The SMILES string of the molecule is CCCCCCCOC(=O)[C@H](N)Cc1c[nH]c2ccccc12.Cl. The number of para-hydroxylation sites is 1. The first-order valence-electron chi connectivity index (χ1n) is 8.19. The van der Waals surface area contributed by atoms with Gasteiger partial charge in [-0.25, -0.2) is 0 Å². The quantitative estimate of drug-likeness (QED) is 0.537. The lowest BCUT2D eigenvalue weighted by atomic mass is 10.1. The van der Waals surface area contributed by atoms with E-state index in [1.807, 2.05) is 30.5 Å². The lowest BCUT2D eigenvalue weighted by Gasteiger charge is -2.11. The fraction of sp³-hybridized carbons (Fsp3) is 0.500. The Hall–Kier alpha value is -1.52. The number of rotatable bonds is 9. The Kier molecular flexibility index (Phi) is 8.74. The van der Waals surface area contributed by atoms with Crippen LogP contribution in [0.1, 0.15) is 44.6 Å². The molecule has 0 unspecified atom stereocenters. The highest BCUT2D eigenvalue weighted by atomic mass is 35.5. The lowest BCUT2D eigenvalue weighted by molar-refractivity contribution is -0.145. The number of fused-ring (bicyclic) bond motifs is 1. The molecular formula is C18H27ClN2O2. The highest BCUT2D eigenvalue weighted by Gasteiger charge is 2.17.